The van der Waals surface area contributed by atoms with E-state index in [1.807, 2.05) is 13.8 Å². The van der Waals surface area contributed by atoms with E-state index in [1.165, 1.54) is 22.3 Å². The van der Waals surface area contributed by atoms with Gasteiger partial charge in [0, 0.05) is 5.41 Å². The van der Waals surface area contributed by atoms with Crippen molar-refractivity contribution in [3.8, 4) is 11.1 Å². The van der Waals surface area contributed by atoms with Crippen molar-refractivity contribution in [1.29, 1.82) is 0 Å². The van der Waals surface area contributed by atoms with E-state index < -0.39 is 0 Å². The van der Waals surface area contributed by atoms with Crippen molar-refractivity contribution in [3.63, 3.8) is 0 Å². The maximum atomic E-state index is 2.34. The van der Waals surface area contributed by atoms with E-state index in [0.717, 1.165) is 6.42 Å². The third-order valence-corrected chi connectivity index (χ3v) is 4.18. The molecule has 2 aromatic rings. The van der Waals surface area contributed by atoms with Crippen molar-refractivity contribution in [2.24, 2.45) is 0 Å². The van der Waals surface area contributed by atoms with Crippen LogP contribution < -0.4 is 0 Å². The summed E-state index contributed by atoms with van der Waals surface area (Å²) in [4.78, 5) is 0. The van der Waals surface area contributed by atoms with E-state index in [1.54, 1.807) is 0 Å². The molecule has 0 N–H and O–H groups in total. The molecular weight excluding hydrogens is 264 g/mol. The molecule has 3 rings (SSSR count). The Balaban J connectivity index is 0.000000847. The Morgan fingerprint density at radius 3 is 2.23 bits per heavy atom. The molecule has 0 aromatic heterocycles. The highest BCUT2D eigenvalue weighted by Crippen LogP contribution is 2.43. The third-order valence-electron chi connectivity index (χ3n) is 4.18. The van der Waals surface area contributed by atoms with Gasteiger partial charge in [-0.3, -0.25) is 0 Å². The second kappa shape index (κ2) is 7.26. The second-order valence-electron chi connectivity index (χ2n) is 5.68. The lowest BCUT2D eigenvalue weighted by Crippen LogP contribution is -2.26. The van der Waals surface area contributed by atoms with Crippen LogP contribution in [0.3, 0.4) is 0 Å². The standard InChI is InChI=1S/C20H20.C2H6/c1-3-4-9-14-20(2)15-16-10-5-6-11-17(16)18-12-7-8-13-19(18)20;1-2/h3-14H,15H2,1-2H3;1-2H3/b4-3-,14-9-;. The van der Waals surface area contributed by atoms with Crippen LogP contribution in [0.2, 0.25) is 0 Å². The lowest BCUT2D eigenvalue weighted by Gasteiger charge is -2.35. The van der Waals surface area contributed by atoms with Crippen LogP contribution in [0, 0.1) is 0 Å². The highest BCUT2D eigenvalue weighted by Gasteiger charge is 2.31. The maximum Gasteiger partial charge on any atom is 0.0153 e. The SMILES string of the molecule is C/C=C\C=C/C1(C)Cc2ccccc2-c2ccccc21.CC. The van der Waals surface area contributed by atoms with Crippen LogP contribution in [0.15, 0.2) is 72.8 Å². The molecule has 2 aromatic carbocycles. The average Bonchev–Trinajstić information content (AvgIpc) is 2.57. The molecule has 0 fully saturated rings. The molecule has 1 unspecified atom stereocenters. The summed E-state index contributed by atoms with van der Waals surface area (Å²) in [6, 6.07) is 17.6. The smallest absolute Gasteiger partial charge is 0.0153 e. The van der Waals surface area contributed by atoms with Gasteiger partial charge in [0.15, 0.2) is 0 Å². The molecule has 0 spiro atoms. The number of fused-ring (bicyclic) bond motifs is 3. The van der Waals surface area contributed by atoms with Gasteiger partial charge in [0.1, 0.15) is 0 Å². The summed E-state index contributed by atoms with van der Waals surface area (Å²) >= 11 is 0. The molecule has 114 valence electrons. The van der Waals surface area contributed by atoms with Crippen molar-refractivity contribution < 1.29 is 0 Å². The fourth-order valence-corrected chi connectivity index (χ4v) is 3.17. The Morgan fingerprint density at radius 2 is 1.50 bits per heavy atom. The van der Waals surface area contributed by atoms with E-state index in [4.69, 9.17) is 0 Å². The third kappa shape index (κ3) is 3.06. The van der Waals surface area contributed by atoms with Gasteiger partial charge < -0.3 is 0 Å². The van der Waals surface area contributed by atoms with Crippen LogP contribution in [-0.4, -0.2) is 0 Å². The predicted octanol–water partition coefficient (Wildman–Crippen LogP) is 6.33. The number of benzene rings is 2. The van der Waals surface area contributed by atoms with Crippen LogP contribution >= 0.6 is 0 Å². The van der Waals surface area contributed by atoms with Crippen molar-refractivity contribution in [2.45, 2.75) is 39.5 Å². The molecule has 0 heterocycles. The molecule has 1 aliphatic rings. The zero-order chi connectivity index (χ0) is 16.0. The van der Waals surface area contributed by atoms with Crippen LogP contribution in [0.4, 0.5) is 0 Å². The molecule has 0 nitrogen and oxygen atoms in total. The lowest BCUT2D eigenvalue weighted by atomic mass is 9.69. The Morgan fingerprint density at radius 1 is 0.864 bits per heavy atom. The topological polar surface area (TPSA) is 0 Å². The maximum absolute atomic E-state index is 2.34. The first-order valence-electron chi connectivity index (χ1n) is 8.23. The fourth-order valence-electron chi connectivity index (χ4n) is 3.17. The van der Waals surface area contributed by atoms with E-state index in [2.05, 4.69) is 86.7 Å². The molecule has 0 amide bonds. The summed E-state index contributed by atoms with van der Waals surface area (Å²) in [6.07, 6.45) is 9.75. The zero-order valence-corrected chi connectivity index (χ0v) is 14.1. The van der Waals surface area contributed by atoms with Gasteiger partial charge in [0.2, 0.25) is 0 Å². The second-order valence-corrected chi connectivity index (χ2v) is 5.68. The normalized spacial score (nSPS) is 19.5. The highest BCUT2D eigenvalue weighted by molar-refractivity contribution is 5.75. The Labute approximate surface area is 135 Å². The first-order chi connectivity index (χ1) is 10.7. The number of allylic oxidation sites excluding steroid dienone is 4. The van der Waals surface area contributed by atoms with Crippen LogP contribution in [-0.2, 0) is 11.8 Å². The van der Waals surface area contributed by atoms with Crippen molar-refractivity contribution >= 4 is 0 Å². The molecule has 0 saturated carbocycles. The molecule has 0 radical (unpaired) electrons. The number of rotatable bonds is 2. The minimum Gasteiger partial charge on any atom is -0.0877 e. The predicted molar refractivity (Wildman–Crippen MR) is 98.2 cm³/mol. The minimum atomic E-state index is 0.0739. The quantitative estimate of drug-likeness (QED) is 0.567. The lowest BCUT2D eigenvalue weighted by molar-refractivity contribution is 0.585. The molecule has 0 bridgehead atoms. The Kier molecular flexibility index (Phi) is 5.38. The molecule has 0 aliphatic heterocycles. The highest BCUT2D eigenvalue weighted by atomic mass is 14.3. The van der Waals surface area contributed by atoms with Crippen LogP contribution in [0.25, 0.3) is 11.1 Å². The first-order valence-corrected chi connectivity index (χ1v) is 8.23. The van der Waals surface area contributed by atoms with E-state index in [9.17, 15) is 0 Å². The van der Waals surface area contributed by atoms with Crippen LogP contribution in [0.1, 0.15) is 38.8 Å². The zero-order valence-electron chi connectivity index (χ0n) is 14.1. The van der Waals surface area contributed by atoms with Crippen LogP contribution in [0.5, 0.6) is 0 Å². The Hall–Kier alpha value is -2.08. The number of hydrogen-bond donors (Lipinski definition) is 0. The summed E-state index contributed by atoms with van der Waals surface area (Å²) in [7, 11) is 0. The summed E-state index contributed by atoms with van der Waals surface area (Å²) in [5.74, 6) is 0. The van der Waals surface area contributed by atoms with Gasteiger partial charge >= 0.3 is 0 Å². The summed E-state index contributed by atoms with van der Waals surface area (Å²) < 4.78 is 0. The van der Waals surface area contributed by atoms with E-state index >= 15 is 0 Å². The minimum absolute atomic E-state index is 0.0739. The summed E-state index contributed by atoms with van der Waals surface area (Å²) in [5, 5.41) is 0. The largest absolute Gasteiger partial charge is 0.0877 e. The van der Waals surface area contributed by atoms with E-state index in [-0.39, 0.29) is 5.41 Å². The molecular formula is C22H26. The van der Waals surface area contributed by atoms with Gasteiger partial charge in [-0.25, -0.2) is 0 Å². The summed E-state index contributed by atoms with van der Waals surface area (Å²) in [6.45, 7) is 8.39. The van der Waals surface area contributed by atoms with Crippen molar-refractivity contribution in [3.05, 3.63) is 84.0 Å². The summed E-state index contributed by atoms with van der Waals surface area (Å²) in [5.41, 5.74) is 5.71. The molecule has 22 heavy (non-hydrogen) atoms. The van der Waals surface area contributed by atoms with E-state index in [0.29, 0.717) is 0 Å². The van der Waals surface area contributed by atoms with Gasteiger partial charge in [-0.2, -0.15) is 0 Å². The molecule has 0 heteroatoms. The van der Waals surface area contributed by atoms with Gasteiger partial charge in [0.05, 0.1) is 0 Å². The Bertz CT molecular complexity index is 676. The van der Waals surface area contributed by atoms with Gasteiger partial charge in [-0.05, 0) is 35.6 Å². The van der Waals surface area contributed by atoms with Crippen molar-refractivity contribution in [2.75, 3.05) is 0 Å². The monoisotopic (exact) mass is 290 g/mol. The fraction of sp³-hybridized carbons (Fsp3) is 0.273. The van der Waals surface area contributed by atoms with Gasteiger partial charge in [-0.15, -0.1) is 0 Å². The molecule has 1 aliphatic carbocycles. The number of hydrogen-bond acceptors (Lipinski definition) is 0. The van der Waals surface area contributed by atoms with Gasteiger partial charge in [-0.1, -0.05) is 93.6 Å². The molecule has 1 atom stereocenters. The molecule has 0 saturated heterocycles. The average molecular weight is 290 g/mol. The van der Waals surface area contributed by atoms with Gasteiger partial charge in [0.25, 0.3) is 0 Å². The first kappa shape index (κ1) is 16.3. The van der Waals surface area contributed by atoms with Crippen molar-refractivity contribution in [1.82, 2.24) is 0 Å².